The zero-order chi connectivity index (χ0) is 13.9. The highest BCUT2D eigenvalue weighted by atomic mass is 16.5. The summed E-state index contributed by atoms with van der Waals surface area (Å²) in [6, 6.07) is 0. The quantitative estimate of drug-likeness (QED) is 0.800. The highest BCUT2D eigenvalue weighted by molar-refractivity contribution is 5.15. The van der Waals surface area contributed by atoms with E-state index in [2.05, 4.69) is 24.0 Å². The minimum Gasteiger partial charge on any atom is -0.377 e. The van der Waals surface area contributed by atoms with Gasteiger partial charge < -0.3 is 4.74 Å². The average molecular weight is 277 g/mol. The zero-order valence-corrected chi connectivity index (χ0v) is 12.8. The second kappa shape index (κ2) is 6.27. The van der Waals surface area contributed by atoms with E-state index in [-0.39, 0.29) is 0 Å². The molecular weight excluding hydrogens is 250 g/mol. The topological polar surface area (TPSA) is 30.3 Å². The molecule has 2 fully saturated rings. The molecule has 4 heteroatoms. The molecule has 3 rings (SSSR count). The Balaban J connectivity index is 1.63. The first-order valence-corrected chi connectivity index (χ1v) is 8.04. The summed E-state index contributed by atoms with van der Waals surface area (Å²) in [6.45, 7) is 6.44. The van der Waals surface area contributed by atoms with Crippen LogP contribution in [0, 0.1) is 12.8 Å². The van der Waals surface area contributed by atoms with Crippen molar-refractivity contribution in [2.45, 2.75) is 51.7 Å². The highest BCUT2D eigenvalue weighted by Gasteiger charge is 2.25. The van der Waals surface area contributed by atoms with Crippen molar-refractivity contribution in [1.82, 2.24) is 14.7 Å². The summed E-state index contributed by atoms with van der Waals surface area (Å²) in [7, 11) is 2.05. The van der Waals surface area contributed by atoms with Crippen molar-refractivity contribution in [2.75, 3.05) is 19.7 Å². The van der Waals surface area contributed by atoms with Crippen LogP contribution in [0.5, 0.6) is 0 Å². The summed E-state index contributed by atoms with van der Waals surface area (Å²) >= 11 is 0. The largest absolute Gasteiger partial charge is 0.377 e. The van der Waals surface area contributed by atoms with E-state index in [0.29, 0.717) is 6.10 Å². The lowest BCUT2D eigenvalue weighted by atomic mass is 9.85. The molecule has 1 aliphatic heterocycles. The fourth-order valence-electron chi connectivity index (χ4n) is 3.33. The number of aryl methyl sites for hydroxylation is 2. The predicted octanol–water partition coefficient (Wildman–Crippen LogP) is 2.51. The van der Waals surface area contributed by atoms with Crippen molar-refractivity contribution in [3.63, 3.8) is 0 Å². The summed E-state index contributed by atoms with van der Waals surface area (Å²) in [5.74, 6) is 0.907. The molecular formula is C16H27N3O. The van der Waals surface area contributed by atoms with Crippen LogP contribution < -0.4 is 0 Å². The number of aromatic nitrogens is 2. The molecule has 0 aromatic carbocycles. The number of nitrogens with zero attached hydrogens (tertiary/aromatic N) is 3. The van der Waals surface area contributed by atoms with Crippen LogP contribution in [0.1, 0.15) is 43.4 Å². The maximum absolute atomic E-state index is 5.83. The first-order chi connectivity index (χ1) is 9.72. The monoisotopic (exact) mass is 277 g/mol. The third-order valence-electron chi connectivity index (χ3n) is 4.87. The number of hydrogen-bond donors (Lipinski definition) is 0. The second-order valence-corrected chi connectivity index (χ2v) is 6.52. The Morgan fingerprint density at radius 1 is 1.30 bits per heavy atom. The summed E-state index contributed by atoms with van der Waals surface area (Å²) in [4.78, 5) is 2.60. The van der Waals surface area contributed by atoms with Gasteiger partial charge in [-0.15, -0.1) is 0 Å². The predicted molar refractivity (Wildman–Crippen MR) is 79.5 cm³/mol. The van der Waals surface area contributed by atoms with E-state index in [4.69, 9.17) is 4.74 Å². The van der Waals surface area contributed by atoms with Gasteiger partial charge in [0.05, 0.1) is 18.0 Å². The van der Waals surface area contributed by atoms with Gasteiger partial charge in [-0.3, -0.25) is 9.58 Å². The molecule has 1 aromatic heterocycles. The van der Waals surface area contributed by atoms with Gasteiger partial charge >= 0.3 is 0 Å². The van der Waals surface area contributed by atoms with Crippen LogP contribution in [0.4, 0.5) is 0 Å². The Bertz CT molecular complexity index is 413. The van der Waals surface area contributed by atoms with E-state index in [1.54, 1.807) is 0 Å². The Kier molecular flexibility index (Phi) is 4.41. The van der Waals surface area contributed by atoms with Gasteiger partial charge in [-0.2, -0.15) is 5.10 Å². The average Bonchev–Trinajstić information content (AvgIpc) is 2.98. The summed E-state index contributed by atoms with van der Waals surface area (Å²) < 4.78 is 7.86. The van der Waals surface area contributed by atoms with Gasteiger partial charge in [0.15, 0.2) is 0 Å². The second-order valence-electron chi connectivity index (χ2n) is 6.52. The van der Waals surface area contributed by atoms with Crippen LogP contribution in [-0.2, 0) is 18.3 Å². The van der Waals surface area contributed by atoms with Crippen LogP contribution in [0.25, 0.3) is 0 Å². The molecule has 20 heavy (non-hydrogen) atoms. The van der Waals surface area contributed by atoms with E-state index in [1.165, 1.54) is 49.9 Å². The summed E-state index contributed by atoms with van der Waals surface area (Å²) in [6.07, 6.45) is 9.12. The number of rotatable bonds is 6. The minimum absolute atomic E-state index is 0.448. The highest BCUT2D eigenvalue weighted by Crippen LogP contribution is 2.28. The molecule has 1 atom stereocenters. The van der Waals surface area contributed by atoms with Crippen LogP contribution in [0.3, 0.4) is 0 Å². The third-order valence-corrected chi connectivity index (χ3v) is 4.87. The van der Waals surface area contributed by atoms with Gasteiger partial charge in [-0.05, 0) is 44.1 Å². The molecule has 1 saturated carbocycles. The zero-order valence-electron chi connectivity index (χ0n) is 12.8. The van der Waals surface area contributed by atoms with Crippen molar-refractivity contribution in [3.05, 3.63) is 17.5 Å². The normalized spacial score (nSPS) is 23.4. The first kappa shape index (κ1) is 14.1. The molecule has 0 bridgehead atoms. The Labute approximate surface area is 122 Å². The first-order valence-electron chi connectivity index (χ1n) is 8.04. The molecule has 2 aliphatic rings. The Morgan fingerprint density at radius 3 is 2.70 bits per heavy atom. The maximum Gasteiger partial charge on any atom is 0.0702 e. The summed E-state index contributed by atoms with van der Waals surface area (Å²) in [5.41, 5.74) is 2.65. The van der Waals surface area contributed by atoms with Crippen molar-refractivity contribution in [3.8, 4) is 0 Å². The molecule has 0 amide bonds. The molecule has 1 aromatic rings. The van der Waals surface area contributed by atoms with Gasteiger partial charge in [0.25, 0.3) is 0 Å². The lowest BCUT2D eigenvalue weighted by molar-refractivity contribution is 0.0570. The Hall–Kier alpha value is -0.870. The van der Waals surface area contributed by atoms with E-state index >= 15 is 0 Å². The van der Waals surface area contributed by atoms with Gasteiger partial charge in [-0.1, -0.05) is 6.42 Å². The van der Waals surface area contributed by atoms with Gasteiger partial charge in [0.1, 0.15) is 0 Å². The van der Waals surface area contributed by atoms with E-state index in [1.807, 2.05) is 10.9 Å². The van der Waals surface area contributed by atoms with Crippen LogP contribution in [-0.4, -0.2) is 40.5 Å². The molecule has 0 unspecified atom stereocenters. The van der Waals surface area contributed by atoms with Gasteiger partial charge in [0.2, 0.25) is 0 Å². The van der Waals surface area contributed by atoms with E-state index in [9.17, 15) is 0 Å². The fourth-order valence-corrected chi connectivity index (χ4v) is 3.33. The van der Waals surface area contributed by atoms with E-state index < -0.39 is 0 Å². The number of hydrogen-bond acceptors (Lipinski definition) is 3. The molecule has 2 heterocycles. The molecule has 112 valence electrons. The lowest BCUT2D eigenvalue weighted by Crippen LogP contribution is -2.38. The molecule has 0 spiro atoms. The number of ether oxygens (including phenoxy) is 1. The SMILES string of the molecule is Cc1cnn(C)c1CN(CC1CCC1)C[C@@H]1CCCO1. The molecule has 0 radical (unpaired) electrons. The molecule has 1 saturated heterocycles. The minimum atomic E-state index is 0.448. The van der Waals surface area contributed by atoms with Crippen LogP contribution in [0.2, 0.25) is 0 Å². The molecule has 0 N–H and O–H groups in total. The summed E-state index contributed by atoms with van der Waals surface area (Å²) in [5, 5.41) is 4.37. The maximum atomic E-state index is 5.83. The van der Waals surface area contributed by atoms with Crippen molar-refractivity contribution < 1.29 is 4.74 Å². The van der Waals surface area contributed by atoms with E-state index in [0.717, 1.165) is 25.6 Å². The smallest absolute Gasteiger partial charge is 0.0702 e. The van der Waals surface area contributed by atoms with Gasteiger partial charge in [-0.25, -0.2) is 0 Å². The third kappa shape index (κ3) is 3.23. The Morgan fingerprint density at radius 2 is 2.15 bits per heavy atom. The van der Waals surface area contributed by atoms with Gasteiger partial charge in [0, 0.05) is 33.3 Å². The lowest BCUT2D eigenvalue weighted by Gasteiger charge is -2.33. The molecule has 1 aliphatic carbocycles. The standard InChI is InChI=1S/C16H27N3O/c1-13-9-17-18(2)16(13)12-19(10-14-5-3-6-14)11-15-7-4-8-20-15/h9,14-15H,3-8,10-12H2,1-2H3/t15-/m0/s1. The van der Waals surface area contributed by atoms with Crippen LogP contribution in [0.15, 0.2) is 6.20 Å². The fraction of sp³-hybridized carbons (Fsp3) is 0.812. The van der Waals surface area contributed by atoms with Crippen molar-refractivity contribution in [1.29, 1.82) is 0 Å². The van der Waals surface area contributed by atoms with Crippen molar-refractivity contribution >= 4 is 0 Å². The van der Waals surface area contributed by atoms with Crippen molar-refractivity contribution in [2.24, 2.45) is 13.0 Å². The van der Waals surface area contributed by atoms with Crippen LogP contribution >= 0.6 is 0 Å². The molecule has 4 nitrogen and oxygen atoms in total.